The smallest absolute Gasteiger partial charge is 0.252 e. The molecule has 1 aromatic rings. The lowest BCUT2D eigenvalue weighted by atomic mass is 10.1. The van der Waals surface area contributed by atoms with Crippen LogP contribution in [0.5, 0.6) is 11.5 Å². The highest BCUT2D eigenvalue weighted by molar-refractivity contribution is 7.51. The molecule has 0 aliphatic carbocycles. The van der Waals surface area contributed by atoms with Gasteiger partial charge < -0.3 is 19.3 Å². The molecule has 0 bridgehead atoms. The first kappa shape index (κ1) is 21.5. The lowest BCUT2D eigenvalue weighted by Gasteiger charge is -2.43. The summed E-state index contributed by atoms with van der Waals surface area (Å²) in [7, 11) is 3.78. The Morgan fingerprint density at radius 2 is 1.94 bits per heavy atom. The first-order valence-corrected chi connectivity index (χ1v) is 12.6. The zero-order valence-electron chi connectivity index (χ0n) is 19.1. The molecule has 0 spiro atoms. The number of hydrogen-bond acceptors (Lipinski definition) is 5. The van der Waals surface area contributed by atoms with Crippen molar-refractivity contribution < 1.29 is 14.3 Å². The second-order valence-corrected chi connectivity index (χ2v) is 10.2. The van der Waals surface area contributed by atoms with Crippen LogP contribution < -0.4 is 9.47 Å². The summed E-state index contributed by atoms with van der Waals surface area (Å²) in [6.07, 6.45) is 9.80. The van der Waals surface area contributed by atoms with E-state index in [0.29, 0.717) is 26.1 Å². The van der Waals surface area contributed by atoms with Gasteiger partial charge in [-0.05, 0) is 60.5 Å². The molecule has 3 atom stereocenters. The monoisotopic (exact) mass is 453 g/mol. The molecular formula is C25H32N3O3P. The van der Waals surface area contributed by atoms with E-state index in [-0.39, 0.29) is 11.7 Å². The molecule has 0 saturated carbocycles. The fourth-order valence-corrected chi connectivity index (χ4v) is 6.94. The summed E-state index contributed by atoms with van der Waals surface area (Å²) in [6.45, 7) is 6.68. The van der Waals surface area contributed by atoms with E-state index in [4.69, 9.17) is 9.47 Å². The summed E-state index contributed by atoms with van der Waals surface area (Å²) in [5.41, 5.74) is 3.57. The minimum Gasteiger partial charge on any atom is -0.493 e. The maximum Gasteiger partial charge on any atom is 0.252 e. The SMILES string of the molecule is CCC1=CC(N2CCN3CCC[C@@H]3C2)=CN2C(=O)C=C(c3ccc(OC)c(OC)c3)PC12. The molecule has 2 saturated heterocycles. The Bertz CT molecular complexity index is 1000. The van der Waals surface area contributed by atoms with Gasteiger partial charge in [0.15, 0.2) is 11.5 Å². The molecular weight excluding hydrogens is 421 g/mol. The first-order chi connectivity index (χ1) is 15.6. The van der Waals surface area contributed by atoms with Crippen molar-refractivity contribution in [2.45, 2.75) is 38.0 Å². The molecule has 4 heterocycles. The van der Waals surface area contributed by atoms with Gasteiger partial charge in [-0.1, -0.05) is 21.6 Å². The number of hydrogen-bond donors (Lipinski definition) is 0. The van der Waals surface area contributed by atoms with Gasteiger partial charge in [-0.2, -0.15) is 0 Å². The van der Waals surface area contributed by atoms with Crippen LogP contribution in [-0.4, -0.2) is 72.8 Å². The molecule has 0 aromatic heterocycles. The minimum atomic E-state index is 0.0644. The topological polar surface area (TPSA) is 45.2 Å². The second kappa shape index (κ2) is 8.92. The van der Waals surface area contributed by atoms with Crippen LogP contribution in [0.25, 0.3) is 5.31 Å². The molecule has 0 N–H and O–H groups in total. The number of carbonyl (C=O) groups is 1. The largest absolute Gasteiger partial charge is 0.493 e. The summed E-state index contributed by atoms with van der Waals surface area (Å²) in [6, 6.07) is 6.57. The van der Waals surface area contributed by atoms with Gasteiger partial charge >= 0.3 is 0 Å². The maximum atomic E-state index is 13.3. The molecule has 6 nitrogen and oxygen atoms in total. The minimum absolute atomic E-state index is 0.0644. The summed E-state index contributed by atoms with van der Waals surface area (Å²) >= 11 is 0. The van der Waals surface area contributed by atoms with Gasteiger partial charge in [0.1, 0.15) is 0 Å². The predicted molar refractivity (Wildman–Crippen MR) is 129 cm³/mol. The molecule has 2 fully saturated rings. The third kappa shape index (κ3) is 3.84. The van der Waals surface area contributed by atoms with E-state index in [0.717, 1.165) is 36.9 Å². The number of piperazine rings is 1. The van der Waals surface area contributed by atoms with Crippen molar-refractivity contribution in [3.05, 3.63) is 53.4 Å². The Morgan fingerprint density at radius 3 is 2.72 bits per heavy atom. The van der Waals surface area contributed by atoms with Crippen LogP contribution in [0, 0.1) is 0 Å². The van der Waals surface area contributed by atoms with Crippen molar-refractivity contribution in [1.29, 1.82) is 0 Å². The lowest BCUT2D eigenvalue weighted by Crippen LogP contribution is -2.50. The second-order valence-electron chi connectivity index (χ2n) is 8.82. The highest BCUT2D eigenvalue weighted by Gasteiger charge is 2.36. The molecule has 4 aliphatic heterocycles. The van der Waals surface area contributed by atoms with E-state index in [2.05, 4.69) is 29.0 Å². The molecule has 170 valence electrons. The number of methoxy groups -OCH3 is 2. The Balaban J connectivity index is 1.42. The standard InChI is InChI=1S/C25H32N3O3P/c1-4-17-12-20(27-11-10-26-9-5-6-19(26)15-27)16-28-24(29)14-23(32-25(17)28)18-7-8-21(30-2)22(13-18)31-3/h7-8,12-14,16,19,25,32H,4-6,9-11,15H2,1-3H3/t19-,25?/m1/s1. The highest BCUT2D eigenvalue weighted by atomic mass is 31.1. The third-order valence-corrected chi connectivity index (χ3v) is 8.77. The maximum absolute atomic E-state index is 13.3. The average Bonchev–Trinajstić information content (AvgIpc) is 3.31. The van der Waals surface area contributed by atoms with Crippen LogP contribution in [0.1, 0.15) is 31.7 Å². The van der Waals surface area contributed by atoms with Gasteiger partial charge in [-0.3, -0.25) is 9.69 Å². The molecule has 32 heavy (non-hydrogen) atoms. The third-order valence-electron chi connectivity index (χ3n) is 7.10. The van der Waals surface area contributed by atoms with Crippen LogP contribution >= 0.6 is 8.58 Å². The van der Waals surface area contributed by atoms with E-state index >= 15 is 0 Å². The molecule has 1 aromatic carbocycles. The molecule has 0 radical (unpaired) electrons. The summed E-state index contributed by atoms with van der Waals surface area (Å²) in [5, 5.41) is 1.08. The predicted octanol–water partition coefficient (Wildman–Crippen LogP) is 3.86. The number of amides is 1. The molecule has 7 heteroatoms. The fraction of sp³-hybridized carbons (Fsp3) is 0.480. The fourth-order valence-electron chi connectivity index (χ4n) is 5.31. The summed E-state index contributed by atoms with van der Waals surface area (Å²) in [4.78, 5) is 20.3. The Hall–Kier alpha value is -2.30. The van der Waals surface area contributed by atoms with Crippen molar-refractivity contribution in [3.63, 3.8) is 0 Å². The molecule has 1 amide bonds. The number of nitrogens with zero attached hydrogens (tertiary/aromatic N) is 3. The lowest BCUT2D eigenvalue weighted by molar-refractivity contribution is -0.124. The van der Waals surface area contributed by atoms with Crippen LogP contribution in [0.2, 0.25) is 0 Å². The van der Waals surface area contributed by atoms with E-state index in [9.17, 15) is 4.79 Å². The molecule has 4 aliphatic rings. The number of carbonyl (C=O) groups excluding carboxylic acids is 1. The van der Waals surface area contributed by atoms with E-state index in [1.807, 2.05) is 23.1 Å². The van der Waals surface area contributed by atoms with Crippen LogP contribution in [0.15, 0.2) is 47.8 Å². The Kier molecular flexibility index (Phi) is 6.00. The van der Waals surface area contributed by atoms with E-state index < -0.39 is 0 Å². The van der Waals surface area contributed by atoms with E-state index in [1.54, 1.807) is 20.3 Å². The zero-order chi connectivity index (χ0) is 22.2. The van der Waals surface area contributed by atoms with Crippen molar-refractivity contribution in [1.82, 2.24) is 14.7 Å². The van der Waals surface area contributed by atoms with Crippen molar-refractivity contribution in [2.24, 2.45) is 0 Å². The van der Waals surface area contributed by atoms with Gasteiger partial charge in [0.05, 0.1) is 25.7 Å². The normalized spacial score (nSPS) is 26.3. The van der Waals surface area contributed by atoms with Gasteiger partial charge in [0.25, 0.3) is 5.91 Å². The molecule has 5 rings (SSSR count). The van der Waals surface area contributed by atoms with Gasteiger partial charge in [-0.25, -0.2) is 0 Å². The Labute approximate surface area is 192 Å². The highest BCUT2D eigenvalue weighted by Crippen LogP contribution is 2.49. The number of ether oxygens (including phenoxy) is 2. The van der Waals surface area contributed by atoms with Crippen molar-refractivity contribution in [2.75, 3.05) is 40.4 Å². The Morgan fingerprint density at radius 1 is 1.09 bits per heavy atom. The summed E-state index contributed by atoms with van der Waals surface area (Å²) < 4.78 is 10.9. The van der Waals surface area contributed by atoms with Crippen molar-refractivity contribution in [3.8, 4) is 11.5 Å². The van der Waals surface area contributed by atoms with Gasteiger partial charge in [0, 0.05) is 38.0 Å². The average molecular weight is 454 g/mol. The number of rotatable bonds is 5. The quantitative estimate of drug-likeness (QED) is 0.634. The number of fused-ring (bicyclic) bond motifs is 2. The van der Waals surface area contributed by atoms with Crippen LogP contribution in [-0.2, 0) is 4.79 Å². The summed E-state index contributed by atoms with van der Waals surface area (Å²) in [5.74, 6) is 1.56. The number of allylic oxidation sites excluding steroid dienone is 1. The zero-order valence-corrected chi connectivity index (χ0v) is 20.1. The number of benzene rings is 1. The van der Waals surface area contributed by atoms with Crippen LogP contribution in [0.3, 0.4) is 0 Å². The first-order valence-electron chi connectivity index (χ1n) is 11.6. The van der Waals surface area contributed by atoms with Gasteiger partial charge in [0.2, 0.25) is 0 Å². The van der Waals surface area contributed by atoms with Crippen LogP contribution in [0.4, 0.5) is 0 Å². The van der Waals surface area contributed by atoms with Gasteiger partial charge in [-0.15, -0.1) is 0 Å². The molecule has 2 unspecified atom stereocenters. The van der Waals surface area contributed by atoms with Crippen molar-refractivity contribution >= 4 is 19.8 Å². The van der Waals surface area contributed by atoms with E-state index in [1.165, 1.54) is 30.7 Å².